The molecule has 1 unspecified atom stereocenters. The highest BCUT2D eigenvalue weighted by Gasteiger charge is 2.35. The van der Waals surface area contributed by atoms with Gasteiger partial charge in [-0.05, 0) is 50.6 Å². The van der Waals surface area contributed by atoms with Crippen LogP contribution in [0.25, 0.3) is 0 Å². The van der Waals surface area contributed by atoms with Crippen LogP contribution in [0.3, 0.4) is 0 Å². The summed E-state index contributed by atoms with van der Waals surface area (Å²) in [6.07, 6.45) is 2.02. The van der Waals surface area contributed by atoms with E-state index >= 15 is 0 Å². The molecule has 2 heterocycles. The minimum atomic E-state index is -0.842. The molecule has 25 heavy (non-hydrogen) atoms. The van der Waals surface area contributed by atoms with E-state index in [2.05, 4.69) is 21.1 Å². The monoisotopic (exact) mass is 342 g/mol. The number of benzene rings is 1. The highest BCUT2D eigenvalue weighted by Crippen LogP contribution is 2.24. The van der Waals surface area contributed by atoms with Crippen LogP contribution < -0.4 is 4.74 Å². The Bertz CT molecular complexity index is 738. The average molecular weight is 342 g/mol. The third kappa shape index (κ3) is 4.78. The van der Waals surface area contributed by atoms with Crippen LogP contribution in [0.1, 0.15) is 30.1 Å². The molecule has 1 N–H and O–H groups in total. The maximum Gasteiger partial charge on any atom is 0.229 e. The van der Waals surface area contributed by atoms with Gasteiger partial charge in [0.1, 0.15) is 12.4 Å². The number of rotatable bonds is 6. The van der Waals surface area contributed by atoms with Gasteiger partial charge in [0.05, 0.1) is 23.7 Å². The van der Waals surface area contributed by atoms with E-state index in [9.17, 15) is 5.11 Å². The second-order valence-corrected chi connectivity index (χ2v) is 6.50. The zero-order valence-electron chi connectivity index (χ0n) is 14.3. The molecule has 0 aliphatic carbocycles. The van der Waals surface area contributed by atoms with Crippen LogP contribution in [0.2, 0.25) is 0 Å². The van der Waals surface area contributed by atoms with Crippen molar-refractivity contribution < 1.29 is 14.4 Å². The summed E-state index contributed by atoms with van der Waals surface area (Å²) in [6.45, 7) is 4.52. The summed E-state index contributed by atoms with van der Waals surface area (Å²) in [5, 5.41) is 23.4. The quantitative estimate of drug-likeness (QED) is 0.853. The standard InChI is InChI=1S/C18H22N4O3/c1-14-20-17(25-21-14)11-18(23)7-2-8-22(13-18)9-10-24-16-5-3-15(12-19)4-6-16/h3-6,23H,2,7-11,13H2,1H3. The molecule has 0 spiro atoms. The lowest BCUT2D eigenvalue weighted by atomic mass is 9.89. The second-order valence-electron chi connectivity index (χ2n) is 6.50. The number of ether oxygens (including phenoxy) is 1. The van der Waals surface area contributed by atoms with E-state index in [1.807, 2.05) is 0 Å². The lowest BCUT2D eigenvalue weighted by Crippen LogP contribution is -2.50. The van der Waals surface area contributed by atoms with Gasteiger partial charge >= 0.3 is 0 Å². The first-order valence-electron chi connectivity index (χ1n) is 8.43. The number of nitriles is 1. The van der Waals surface area contributed by atoms with E-state index < -0.39 is 5.60 Å². The lowest BCUT2D eigenvalue weighted by molar-refractivity contribution is -0.0372. The molecule has 132 valence electrons. The maximum atomic E-state index is 10.8. The van der Waals surface area contributed by atoms with Gasteiger partial charge < -0.3 is 14.4 Å². The van der Waals surface area contributed by atoms with E-state index in [-0.39, 0.29) is 0 Å². The van der Waals surface area contributed by atoms with Crippen LogP contribution in [0, 0.1) is 18.3 Å². The lowest BCUT2D eigenvalue weighted by Gasteiger charge is -2.38. The van der Waals surface area contributed by atoms with E-state index in [4.69, 9.17) is 14.5 Å². The summed E-state index contributed by atoms with van der Waals surface area (Å²) in [5.41, 5.74) is -0.226. The molecule has 1 aliphatic heterocycles. The molecule has 1 saturated heterocycles. The molecule has 7 heteroatoms. The Morgan fingerprint density at radius 1 is 1.40 bits per heavy atom. The fraction of sp³-hybridized carbons (Fsp3) is 0.500. The smallest absolute Gasteiger partial charge is 0.229 e. The number of aryl methyl sites for hydroxylation is 1. The van der Waals surface area contributed by atoms with Gasteiger partial charge in [-0.1, -0.05) is 5.16 Å². The van der Waals surface area contributed by atoms with Crippen molar-refractivity contribution >= 4 is 0 Å². The van der Waals surface area contributed by atoms with Gasteiger partial charge in [-0.25, -0.2) is 0 Å². The minimum Gasteiger partial charge on any atom is -0.492 e. The van der Waals surface area contributed by atoms with Crippen LogP contribution >= 0.6 is 0 Å². The van der Waals surface area contributed by atoms with Crippen molar-refractivity contribution in [3.8, 4) is 11.8 Å². The Morgan fingerprint density at radius 2 is 2.20 bits per heavy atom. The summed E-state index contributed by atoms with van der Waals surface area (Å²) in [6, 6.07) is 9.15. The minimum absolute atomic E-state index is 0.376. The maximum absolute atomic E-state index is 10.8. The Morgan fingerprint density at radius 3 is 2.88 bits per heavy atom. The molecule has 2 aromatic rings. The van der Waals surface area contributed by atoms with Gasteiger partial charge in [-0.2, -0.15) is 10.2 Å². The van der Waals surface area contributed by atoms with Gasteiger partial charge in [0.25, 0.3) is 0 Å². The van der Waals surface area contributed by atoms with Gasteiger partial charge in [-0.15, -0.1) is 0 Å². The average Bonchev–Trinajstić information content (AvgIpc) is 3.00. The molecule has 0 radical (unpaired) electrons. The number of piperidine rings is 1. The topological polar surface area (TPSA) is 95.4 Å². The van der Waals surface area contributed by atoms with Crippen LogP contribution in [0.4, 0.5) is 0 Å². The van der Waals surface area contributed by atoms with Crippen LogP contribution in [0.15, 0.2) is 28.8 Å². The number of hydrogen-bond acceptors (Lipinski definition) is 7. The Labute approximate surface area is 146 Å². The molecule has 1 aliphatic rings. The normalized spacial score (nSPS) is 21.0. The summed E-state index contributed by atoms with van der Waals surface area (Å²) < 4.78 is 10.9. The fourth-order valence-electron chi connectivity index (χ4n) is 3.15. The molecule has 7 nitrogen and oxygen atoms in total. The third-order valence-electron chi connectivity index (χ3n) is 4.34. The molecule has 1 aromatic carbocycles. The van der Waals surface area contributed by atoms with Crippen molar-refractivity contribution in [2.75, 3.05) is 26.2 Å². The van der Waals surface area contributed by atoms with Crippen LogP contribution in [0.5, 0.6) is 5.75 Å². The first kappa shape index (κ1) is 17.4. The van der Waals surface area contributed by atoms with Crippen molar-refractivity contribution in [1.29, 1.82) is 5.26 Å². The molecule has 3 rings (SSSR count). The Balaban J connectivity index is 1.48. The zero-order chi connectivity index (χ0) is 17.7. The van der Waals surface area contributed by atoms with E-state index in [0.29, 0.717) is 36.9 Å². The van der Waals surface area contributed by atoms with Crippen molar-refractivity contribution in [3.05, 3.63) is 41.5 Å². The highest BCUT2D eigenvalue weighted by molar-refractivity contribution is 5.34. The number of hydrogen-bond donors (Lipinski definition) is 1. The van der Waals surface area contributed by atoms with Crippen LogP contribution in [-0.2, 0) is 6.42 Å². The number of aliphatic hydroxyl groups is 1. The second kappa shape index (κ2) is 7.64. The van der Waals surface area contributed by atoms with Gasteiger partial charge in [0, 0.05) is 13.1 Å². The molecule has 1 aromatic heterocycles. The largest absolute Gasteiger partial charge is 0.492 e. The van der Waals surface area contributed by atoms with Crippen molar-refractivity contribution in [3.63, 3.8) is 0 Å². The molecule has 0 amide bonds. The molecule has 0 saturated carbocycles. The number of β-amino-alcohol motifs (C(OH)–C–C–N with tert-alkyl or cyclic N) is 1. The molecular formula is C18H22N4O3. The van der Waals surface area contributed by atoms with E-state index in [0.717, 1.165) is 31.7 Å². The van der Waals surface area contributed by atoms with Gasteiger partial charge in [0.2, 0.25) is 5.89 Å². The van der Waals surface area contributed by atoms with Gasteiger partial charge in [-0.3, -0.25) is 4.90 Å². The SMILES string of the molecule is Cc1noc(CC2(O)CCCN(CCOc3ccc(C#N)cc3)C2)n1. The fourth-order valence-corrected chi connectivity index (χ4v) is 3.15. The predicted molar refractivity (Wildman–Crippen MR) is 90.0 cm³/mol. The number of aromatic nitrogens is 2. The predicted octanol–water partition coefficient (Wildman–Crippen LogP) is 1.70. The first-order chi connectivity index (χ1) is 12.1. The molecule has 0 bridgehead atoms. The number of likely N-dealkylation sites (tertiary alicyclic amines) is 1. The summed E-state index contributed by atoms with van der Waals surface area (Å²) in [4.78, 5) is 6.38. The van der Waals surface area contributed by atoms with Crippen LogP contribution in [-0.4, -0.2) is 52.0 Å². The van der Waals surface area contributed by atoms with Crippen molar-refractivity contribution in [2.45, 2.75) is 31.8 Å². The Kier molecular flexibility index (Phi) is 5.31. The first-order valence-corrected chi connectivity index (χ1v) is 8.43. The summed E-state index contributed by atoms with van der Waals surface area (Å²) in [5.74, 6) is 1.81. The summed E-state index contributed by atoms with van der Waals surface area (Å²) in [7, 11) is 0. The molecule has 1 fully saturated rings. The van der Waals surface area contributed by atoms with E-state index in [1.165, 1.54) is 0 Å². The van der Waals surface area contributed by atoms with Gasteiger partial charge in [0.15, 0.2) is 5.82 Å². The molecular weight excluding hydrogens is 320 g/mol. The van der Waals surface area contributed by atoms with Crippen molar-refractivity contribution in [2.24, 2.45) is 0 Å². The highest BCUT2D eigenvalue weighted by atomic mass is 16.5. The number of nitrogens with zero attached hydrogens (tertiary/aromatic N) is 4. The van der Waals surface area contributed by atoms with E-state index in [1.54, 1.807) is 31.2 Å². The van der Waals surface area contributed by atoms with Crippen molar-refractivity contribution in [1.82, 2.24) is 15.0 Å². The Hall–Kier alpha value is -2.43. The molecule has 1 atom stereocenters. The third-order valence-corrected chi connectivity index (χ3v) is 4.34. The zero-order valence-corrected chi connectivity index (χ0v) is 14.3. The summed E-state index contributed by atoms with van der Waals surface area (Å²) >= 11 is 0.